The topological polar surface area (TPSA) is 53.4 Å². The first-order chi connectivity index (χ1) is 9.22. The number of aromatic nitrogens is 1. The van der Waals surface area contributed by atoms with Crippen LogP contribution in [0.3, 0.4) is 0 Å². The van der Waals surface area contributed by atoms with Crippen LogP contribution in [0.15, 0.2) is 35.8 Å². The molecule has 2 rings (SSSR count). The molecule has 0 atom stereocenters. The van der Waals surface area contributed by atoms with E-state index in [2.05, 4.69) is 4.98 Å². The van der Waals surface area contributed by atoms with Gasteiger partial charge in [0.15, 0.2) is 0 Å². The number of carbonyl (C=O) groups is 1. The van der Waals surface area contributed by atoms with Crippen molar-refractivity contribution in [1.82, 2.24) is 9.88 Å². The molecule has 4 nitrogen and oxygen atoms in total. The molecule has 0 saturated heterocycles. The van der Waals surface area contributed by atoms with E-state index in [1.807, 2.05) is 37.3 Å². The molecule has 0 aliphatic heterocycles. The smallest absolute Gasteiger partial charge is 0.266 e. The SMILES string of the molecule is Cc1ncsc1C(=O)N(CCO)Cc1ccccc1. The van der Waals surface area contributed by atoms with Crippen molar-refractivity contribution in [3.63, 3.8) is 0 Å². The highest BCUT2D eigenvalue weighted by Gasteiger charge is 2.19. The minimum Gasteiger partial charge on any atom is -0.395 e. The van der Waals surface area contributed by atoms with E-state index in [-0.39, 0.29) is 12.5 Å². The number of nitrogens with zero attached hydrogens (tertiary/aromatic N) is 2. The number of thiazole rings is 1. The Bertz CT molecular complexity index is 539. The van der Waals surface area contributed by atoms with E-state index in [9.17, 15) is 4.79 Å². The van der Waals surface area contributed by atoms with E-state index < -0.39 is 0 Å². The number of aliphatic hydroxyl groups excluding tert-OH is 1. The quantitative estimate of drug-likeness (QED) is 0.909. The lowest BCUT2D eigenvalue weighted by Gasteiger charge is -2.21. The van der Waals surface area contributed by atoms with Crippen molar-refractivity contribution in [2.75, 3.05) is 13.2 Å². The van der Waals surface area contributed by atoms with Gasteiger partial charge in [0.25, 0.3) is 5.91 Å². The van der Waals surface area contributed by atoms with Crippen LogP contribution in [0.1, 0.15) is 20.9 Å². The number of hydrogen-bond acceptors (Lipinski definition) is 4. The Morgan fingerprint density at radius 2 is 2.11 bits per heavy atom. The maximum Gasteiger partial charge on any atom is 0.266 e. The number of rotatable bonds is 5. The van der Waals surface area contributed by atoms with Gasteiger partial charge in [0.2, 0.25) is 0 Å². The van der Waals surface area contributed by atoms with Crippen LogP contribution in [0, 0.1) is 6.92 Å². The molecule has 0 unspecified atom stereocenters. The molecule has 1 N–H and O–H groups in total. The van der Waals surface area contributed by atoms with Gasteiger partial charge in [-0.05, 0) is 12.5 Å². The first kappa shape index (κ1) is 13.7. The predicted octanol–water partition coefficient (Wildman–Crippen LogP) is 2.09. The fraction of sp³-hybridized carbons (Fsp3) is 0.286. The summed E-state index contributed by atoms with van der Waals surface area (Å²) in [5, 5.41) is 9.12. The Morgan fingerprint density at radius 1 is 1.37 bits per heavy atom. The van der Waals surface area contributed by atoms with E-state index in [0.29, 0.717) is 18.0 Å². The van der Waals surface area contributed by atoms with Crippen molar-refractivity contribution in [1.29, 1.82) is 0 Å². The molecule has 1 amide bonds. The van der Waals surface area contributed by atoms with Crippen LogP contribution in [0.4, 0.5) is 0 Å². The number of benzene rings is 1. The van der Waals surface area contributed by atoms with Crippen LogP contribution in [-0.4, -0.2) is 34.0 Å². The van der Waals surface area contributed by atoms with Crippen LogP contribution in [0.2, 0.25) is 0 Å². The lowest BCUT2D eigenvalue weighted by Crippen LogP contribution is -2.33. The summed E-state index contributed by atoms with van der Waals surface area (Å²) in [4.78, 5) is 18.8. The minimum atomic E-state index is -0.0714. The molecule has 1 aromatic heterocycles. The normalized spacial score (nSPS) is 10.4. The maximum absolute atomic E-state index is 12.4. The molecule has 0 aliphatic rings. The van der Waals surface area contributed by atoms with E-state index in [1.54, 1.807) is 10.4 Å². The molecule has 5 heteroatoms. The van der Waals surface area contributed by atoms with Crippen molar-refractivity contribution in [3.05, 3.63) is 52.0 Å². The second-order valence-corrected chi connectivity index (χ2v) is 5.06. The molecular weight excluding hydrogens is 260 g/mol. The van der Waals surface area contributed by atoms with Crippen molar-refractivity contribution in [3.8, 4) is 0 Å². The molecule has 0 radical (unpaired) electrons. The van der Waals surface area contributed by atoms with Crippen molar-refractivity contribution >= 4 is 17.2 Å². The third-order valence-electron chi connectivity index (χ3n) is 2.81. The van der Waals surface area contributed by atoms with Crippen LogP contribution in [0.5, 0.6) is 0 Å². The summed E-state index contributed by atoms with van der Waals surface area (Å²) in [6.45, 7) is 2.60. The number of aliphatic hydroxyl groups is 1. The van der Waals surface area contributed by atoms with E-state index in [4.69, 9.17) is 5.11 Å². The van der Waals surface area contributed by atoms with E-state index in [1.165, 1.54) is 11.3 Å². The van der Waals surface area contributed by atoms with Crippen LogP contribution in [0.25, 0.3) is 0 Å². The van der Waals surface area contributed by atoms with Crippen LogP contribution in [-0.2, 0) is 6.54 Å². The second-order valence-electron chi connectivity index (χ2n) is 4.20. The van der Waals surface area contributed by atoms with Crippen molar-refractivity contribution < 1.29 is 9.90 Å². The largest absolute Gasteiger partial charge is 0.395 e. The summed E-state index contributed by atoms with van der Waals surface area (Å²) in [5.41, 5.74) is 3.46. The zero-order valence-corrected chi connectivity index (χ0v) is 11.6. The maximum atomic E-state index is 12.4. The summed E-state index contributed by atoms with van der Waals surface area (Å²) >= 11 is 1.34. The lowest BCUT2D eigenvalue weighted by atomic mass is 10.2. The minimum absolute atomic E-state index is 0.0452. The highest BCUT2D eigenvalue weighted by molar-refractivity contribution is 7.11. The zero-order chi connectivity index (χ0) is 13.7. The fourth-order valence-electron chi connectivity index (χ4n) is 1.83. The van der Waals surface area contributed by atoms with Gasteiger partial charge in [0, 0.05) is 13.1 Å². The van der Waals surface area contributed by atoms with E-state index in [0.717, 1.165) is 11.3 Å². The molecule has 2 aromatic rings. The Morgan fingerprint density at radius 3 is 2.68 bits per heavy atom. The standard InChI is InChI=1S/C14H16N2O2S/c1-11-13(19-10-15-11)14(18)16(7-8-17)9-12-5-3-2-4-6-12/h2-6,10,17H,7-9H2,1H3. The number of aryl methyl sites for hydroxylation is 1. The summed E-state index contributed by atoms with van der Waals surface area (Å²) in [5.74, 6) is -0.0714. The lowest BCUT2D eigenvalue weighted by molar-refractivity contribution is 0.0712. The molecule has 0 saturated carbocycles. The highest BCUT2D eigenvalue weighted by Crippen LogP contribution is 2.16. The third kappa shape index (κ3) is 3.39. The monoisotopic (exact) mass is 276 g/mol. The fourth-order valence-corrected chi connectivity index (χ4v) is 2.60. The first-order valence-corrected chi connectivity index (χ1v) is 6.94. The zero-order valence-electron chi connectivity index (χ0n) is 10.7. The van der Waals surface area contributed by atoms with Gasteiger partial charge in [-0.15, -0.1) is 11.3 Å². The van der Waals surface area contributed by atoms with Crippen molar-refractivity contribution in [2.24, 2.45) is 0 Å². The second kappa shape index (κ2) is 6.45. The Hall–Kier alpha value is -1.72. The summed E-state index contributed by atoms with van der Waals surface area (Å²) < 4.78 is 0. The molecule has 0 fully saturated rings. The Labute approximate surface area is 116 Å². The van der Waals surface area contributed by atoms with Gasteiger partial charge in [-0.1, -0.05) is 30.3 Å². The van der Waals surface area contributed by atoms with Gasteiger partial charge >= 0.3 is 0 Å². The molecule has 19 heavy (non-hydrogen) atoms. The van der Waals surface area contributed by atoms with Gasteiger partial charge in [0.1, 0.15) is 4.88 Å². The number of amides is 1. The Kier molecular flexibility index (Phi) is 4.65. The number of hydrogen-bond donors (Lipinski definition) is 1. The van der Waals surface area contributed by atoms with E-state index >= 15 is 0 Å². The van der Waals surface area contributed by atoms with Crippen LogP contribution < -0.4 is 0 Å². The molecular formula is C14H16N2O2S. The molecule has 0 aliphatic carbocycles. The molecule has 0 bridgehead atoms. The molecule has 1 aromatic carbocycles. The van der Waals surface area contributed by atoms with Gasteiger partial charge in [-0.3, -0.25) is 4.79 Å². The third-order valence-corrected chi connectivity index (χ3v) is 3.73. The van der Waals surface area contributed by atoms with Crippen molar-refractivity contribution in [2.45, 2.75) is 13.5 Å². The van der Waals surface area contributed by atoms with Gasteiger partial charge in [-0.25, -0.2) is 4.98 Å². The Balaban J connectivity index is 2.16. The highest BCUT2D eigenvalue weighted by atomic mass is 32.1. The molecule has 0 spiro atoms. The van der Waals surface area contributed by atoms with Gasteiger partial charge < -0.3 is 10.0 Å². The molecule has 100 valence electrons. The summed E-state index contributed by atoms with van der Waals surface area (Å²) in [6, 6.07) is 9.76. The first-order valence-electron chi connectivity index (χ1n) is 6.06. The van der Waals surface area contributed by atoms with Crippen LogP contribution >= 0.6 is 11.3 Å². The summed E-state index contributed by atoms with van der Waals surface area (Å²) in [6.07, 6.45) is 0. The average Bonchev–Trinajstić information content (AvgIpc) is 2.85. The predicted molar refractivity (Wildman–Crippen MR) is 75.1 cm³/mol. The molecule has 1 heterocycles. The van der Waals surface area contributed by atoms with Gasteiger partial charge in [0.05, 0.1) is 17.8 Å². The van der Waals surface area contributed by atoms with Gasteiger partial charge in [-0.2, -0.15) is 0 Å². The summed E-state index contributed by atoms with van der Waals surface area (Å²) in [7, 11) is 0. The average molecular weight is 276 g/mol. The number of carbonyl (C=O) groups excluding carboxylic acids is 1.